The summed E-state index contributed by atoms with van der Waals surface area (Å²) >= 11 is 0. The summed E-state index contributed by atoms with van der Waals surface area (Å²) in [6.45, 7) is 13.2. The molecule has 1 radical (unpaired) electrons. The van der Waals surface area contributed by atoms with Crippen LogP contribution in [-0.2, 0) is 21.6 Å². The van der Waals surface area contributed by atoms with E-state index in [1.54, 1.807) is 0 Å². The third-order valence-electron chi connectivity index (χ3n) is 2.20. The second-order valence-electron chi connectivity index (χ2n) is 4.21. The summed E-state index contributed by atoms with van der Waals surface area (Å²) in [5, 5.41) is 0. The van der Waals surface area contributed by atoms with E-state index in [-0.39, 0.29) is 22.7 Å². The summed E-state index contributed by atoms with van der Waals surface area (Å²) in [6.07, 6.45) is 3.66. The Kier molecular flexibility index (Phi) is 8.05. The largest absolute Gasteiger partial charge is 0.233 e. The molecule has 0 aliphatic carbocycles. The van der Waals surface area contributed by atoms with Gasteiger partial charge in [0.05, 0.1) is 18.5 Å². The van der Waals surface area contributed by atoms with Crippen molar-refractivity contribution in [2.45, 2.75) is 47.1 Å². The molecule has 0 aromatic rings. The van der Waals surface area contributed by atoms with Crippen LogP contribution < -0.4 is 0 Å². The molecule has 0 aliphatic heterocycles. The Morgan fingerprint density at radius 1 is 0.923 bits per heavy atom. The van der Waals surface area contributed by atoms with Crippen LogP contribution in [0.4, 0.5) is 0 Å². The molecule has 0 spiro atoms. The van der Waals surface area contributed by atoms with Crippen molar-refractivity contribution < 1.29 is 21.6 Å². The minimum Gasteiger partial charge on any atom is -0.233 e. The zero-order valence-electron chi connectivity index (χ0n) is 9.78. The molecular weight excluding hydrogens is 231 g/mol. The molecule has 1 nitrogen and oxygen atoms in total. The molecule has 0 N–H and O–H groups in total. The van der Waals surface area contributed by atoms with E-state index in [9.17, 15) is 0 Å². The molecule has 0 rings (SSSR count). The first-order valence-electron chi connectivity index (χ1n) is 4.96. The Hall–Kier alpha value is 0.909. The monoisotopic (exact) mass is 254 g/mol. The molecule has 0 bridgehead atoms. The number of hydrogen-bond donors (Lipinski definition) is 0. The van der Waals surface area contributed by atoms with Crippen molar-refractivity contribution in [3.05, 3.63) is 0 Å². The fourth-order valence-corrected chi connectivity index (χ4v) is 4.34. The van der Waals surface area contributed by atoms with Gasteiger partial charge in [0.15, 0.2) is 0 Å². The van der Waals surface area contributed by atoms with Crippen molar-refractivity contribution in [1.29, 1.82) is 0 Å². The third-order valence-corrected chi connectivity index (χ3v) is 6.59. The Labute approximate surface area is 94.9 Å². The fourth-order valence-electron chi connectivity index (χ4n) is 1.45. The standard InChI is InChI=1S/C10H24OP.Cu/c1-7-12(8-2,9-3)11-10(4,5)6;/h7-9H2,1-6H3;/q+1;. The van der Waals surface area contributed by atoms with Crippen molar-refractivity contribution in [3.63, 3.8) is 0 Å². The van der Waals surface area contributed by atoms with Gasteiger partial charge in [-0.2, -0.15) is 0 Å². The Morgan fingerprint density at radius 3 is 1.31 bits per heavy atom. The van der Waals surface area contributed by atoms with E-state index in [0.29, 0.717) is 0 Å². The summed E-state index contributed by atoms with van der Waals surface area (Å²) in [5.41, 5.74) is 0.0375. The summed E-state index contributed by atoms with van der Waals surface area (Å²) in [7, 11) is -1.06. The molecule has 0 unspecified atom stereocenters. The smallest absolute Gasteiger partial charge is 0.145 e. The summed E-state index contributed by atoms with van der Waals surface area (Å²) < 4.78 is 6.18. The van der Waals surface area contributed by atoms with Gasteiger partial charge in [0.2, 0.25) is 0 Å². The van der Waals surface area contributed by atoms with E-state index in [2.05, 4.69) is 41.5 Å². The van der Waals surface area contributed by atoms with Crippen LogP contribution in [0.2, 0.25) is 0 Å². The zero-order valence-corrected chi connectivity index (χ0v) is 11.6. The predicted octanol–water partition coefficient (Wildman–Crippen LogP) is 3.79. The van der Waals surface area contributed by atoms with E-state index >= 15 is 0 Å². The van der Waals surface area contributed by atoms with Gasteiger partial charge in [-0.15, -0.1) is 0 Å². The van der Waals surface area contributed by atoms with Crippen molar-refractivity contribution >= 4 is 7.49 Å². The maximum Gasteiger partial charge on any atom is 0.145 e. The van der Waals surface area contributed by atoms with Crippen LogP contribution in [0.3, 0.4) is 0 Å². The molecular formula is C10H24CuOP+. The molecule has 0 aromatic carbocycles. The topological polar surface area (TPSA) is 9.23 Å². The van der Waals surface area contributed by atoms with Gasteiger partial charge in [-0.25, -0.2) is 4.52 Å². The van der Waals surface area contributed by atoms with Crippen molar-refractivity contribution in [2.75, 3.05) is 18.5 Å². The predicted molar refractivity (Wildman–Crippen MR) is 59.4 cm³/mol. The number of rotatable bonds is 4. The number of hydrogen-bond acceptors (Lipinski definition) is 1. The van der Waals surface area contributed by atoms with Gasteiger partial charge in [0.25, 0.3) is 0 Å². The minimum absolute atomic E-state index is 0. The Bertz CT molecular complexity index is 119. The molecule has 0 aromatic heterocycles. The summed E-state index contributed by atoms with van der Waals surface area (Å²) in [4.78, 5) is 0. The fraction of sp³-hybridized carbons (Fsp3) is 1.00. The van der Waals surface area contributed by atoms with Gasteiger partial charge in [-0.3, -0.25) is 0 Å². The van der Waals surface area contributed by atoms with Crippen LogP contribution in [0.5, 0.6) is 0 Å². The molecule has 3 heteroatoms. The molecule has 0 heterocycles. The Balaban J connectivity index is 0. The van der Waals surface area contributed by atoms with E-state index in [4.69, 9.17) is 4.52 Å². The average molecular weight is 255 g/mol. The van der Waals surface area contributed by atoms with E-state index < -0.39 is 7.49 Å². The van der Waals surface area contributed by atoms with Gasteiger partial charge in [-0.05, 0) is 41.5 Å². The molecule has 85 valence electrons. The van der Waals surface area contributed by atoms with Crippen LogP contribution >= 0.6 is 7.49 Å². The normalized spacial score (nSPS) is 12.5. The van der Waals surface area contributed by atoms with Gasteiger partial charge >= 0.3 is 0 Å². The molecule has 0 atom stereocenters. The maximum absolute atomic E-state index is 6.18. The maximum atomic E-state index is 6.18. The van der Waals surface area contributed by atoms with E-state index in [1.165, 1.54) is 18.5 Å². The van der Waals surface area contributed by atoms with Crippen molar-refractivity contribution in [3.8, 4) is 0 Å². The van der Waals surface area contributed by atoms with Crippen LogP contribution in [0.15, 0.2) is 0 Å². The van der Waals surface area contributed by atoms with Crippen LogP contribution in [0, 0.1) is 0 Å². The van der Waals surface area contributed by atoms with Crippen molar-refractivity contribution in [2.24, 2.45) is 0 Å². The SMILES string of the molecule is CC[P+](CC)(CC)OC(C)(C)C.[Cu]. The van der Waals surface area contributed by atoms with Crippen LogP contribution in [-0.4, -0.2) is 24.1 Å². The van der Waals surface area contributed by atoms with Crippen LogP contribution in [0.1, 0.15) is 41.5 Å². The second kappa shape index (κ2) is 6.40. The molecule has 0 fully saturated rings. The first-order chi connectivity index (χ1) is 5.39. The van der Waals surface area contributed by atoms with Gasteiger partial charge in [0.1, 0.15) is 13.1 Å². The molecule has 13 heavy (non-hydrogen) atoms. The minimum atomic E-state index is -1.06. The van der Waals surface area contributed by atoms with Gasteiger partial charge in [0, 0.05) is 17.1 Å². The molecule has 0 saturated carbocycles. The average Bonchev–Trinajstić information content (AvgIpc) is 1.99. The van der Waals surface area contributed by atoms with E-state index in [1.807, 2.05) is 0 Å². The van der Waals surface area contributed by atoms with Crippen LogP contribution in [0.25, 0.3) is 0 Å². The quantitative estimate of drug-likeness (QED) is 0.548. The second-order valence-corrected chi connectivity index (χ2v) is 8.41. The molecule has 0 aliphatic rings. The van der Waals surface area contributed by atoms with E-state index in [0.717, 1.165) is 0 Å². The Morgan fingerprint density at radius 2 is 1.23 bits per heavy atom. The first kappa shape index (κ1) is 16.3. The van der Waals surface area contributed by atoms with Gasteiger partial charge in [-0.1, -0.05) is 0 Å². The third kappa shape index (κ3) is 6.07. The first-order valence-corrected chi connectivity index (χ1v) is 7.22. The molecule has 0 amide bonds. The van der Waals surface area contributed by atoms with Gasteiger partial charge < -0.3 is 0 Å². The van der Waals surface area contributed by atoms with Crippen molar-refractivity contribution in [1.82, 2.24) is 0 Å². The zero-order chi connectivity index (χ0) is 9.83. The summed E-state index contributed by atoms with van der Waals surface area (Å²) in [6, 6.07) is 0. The molecule has 0 saturated heterocycles. The summed E-state index contributed by atoms with van der Waals surface area (Å²) in [5.74, 6) is 0.